The van der Waals surface area contributed by atoms with E-state index in [2.05, 4.69) is 10.6 Å². The third-order valence-corrected chi connectivity index (χ3v) is 6.75. The summed E-state index contributed by atoms with van der Waals surface area (Å²) in [6.07, 6.45) is 2.35. The van der Waals surface area contributed by atoms with Crippen molar-refractivity contribution in [2.45, 2.75) is 58.2 Å². The molecule has 1 aliphatic heterocycles. The summed E-state index contributed by atoms with van der Waals surface area (Å²) in [6, 6.07) is 1.37. The van der Waals surface area contributed by atoms with Crippen LogP contribution in [0.3, 0.4) is 0 Å². The Kier molecular flexibility index (Phi) is 9.72. The number of nitrogens with one attached hydrogen (secondary N) is 2. The minimum atomic E-state index is -3.55. The standard InChI is InChI=1S/C24H33ClN4O7S/c1-24(2,3)20(28-21(32)14-7-8-17(26)16(25)12-14)23(34)29-10-5-6-18(29)22(33)27-15(13-19(30)31)9-11-37(4,35)36/h7-9,11-12,15,18,20H,5-6,10,13,26H2,1-4H3,(H,27,33)(H,28,32)(H,30,31)/b11-9+/t15-,18-,20-/m1/s1. The highest BCUT2D eigenvalue weighted by Crippen LogP contribution is 2.27. The van der Waals surface area contributed by atoms with Gasteiger partial charge in [-0.25, -0.2) is 8.42 Å². The van der Waals surface area contributed by atoms with Crippen LogP contribution in [0.25, 0.3) is 0 Å². The highest BCUT2D eigenvalue weighted by atomic mass is 35.5. The number of nitrogen functional groups attached to an aromatic ring is 1. The normalized spacial score (nSPS) is 17.9. The van der Waals surface area contributed by atoms with E-state index >= 15 is 0 Å². The van der Waals surface area contributed by atoms with Crippen molar-refractivity contribution < 1.29 is 32.7 Å². The summed E-state index contributed by atoms with van der Waals surface area (Å²) < 4.78 is 22.9. The quantitative estimate of drug-likeness (QED) is 0.331. The first kappa shape index (κ1) is 30.1. The van der Waals surface area contributed by atoms with E-state index in [0.717, 1.165) is 17.7 Å². The van der Waals surface area contributed by atoms with Crippen LogP contribution in [-0.4, -0.2) is 73.0 Å². The minimum Gasteiger partial charge on any atom is -0.481 e. The molecule has 1 aromatic rings. The van der Waals surface area contributed by atoms with Crippen LogP contribution < -0.4 is 16.4 Å². The number of carbonyl (C=O) groups excluding carboxylic acids is 3. The second-order valence-corrected chi connectivity index (χ2v) is 12.4. The number of aliphatic carboxylic acids is 1. The molecule has 0 saturated carbocycles. The maximum absolute atomic E-state index is 13.6. The number of likely N-dealkylation sites (tertiary alicyclic amines) is 1. The first-order chi connectivity index (χ1) is 17.0. The topological polar surface area (TPSA) is 176 Å². The molecular formula is C24H33ClN4O7S. The number of hydrogen-bond donors (Lipinski definition) is 4. The van der Waals surface area contributed by atoms with Gasteiger partial charge < -0.3 is 26.4 Å². The van der Waals surface area contributed by atoms with Gasteiger partial charge in [-0.05, 0) is 36.5 Å². The lowest BCUT2D eigenvalue weighted by Gasteiger charge is -2.35. The fourth-order valence-corrected chi connectivity index (χ4v) is 4.53. The number of anilines is 1. The Balaban J connectivity index is 2.24. The van der Waals surface area contributed by atoms with E-state index in [1.165, 1.54) is 23.1 Å². The average molecular weight is 557 g/mol. The monoisotopic (exact) mass is 556 g/mol. The Morgan fingerprint density at radius 1 is 1.24 bits per heavy atom. The van der Waals surface area contributed by atoms with Crippen LogP contribution in [0.5, 0.6) is 0 Å². The van der Waals surface area contributed by atoms with Gasteiger partial charge in [-0.15, -0.1) is 0 Å². The molecule has 1 fully saturated rings. The summed E-state index contributed by atoms with van der Waals surface area (Å²) in [7, 11) is -3.55. The van der Waals surface area contributed by atoms with Crippen LogP contribution in [0.2, 0.25) is 5.02 Å². The smallest absolute Gasteiger partial charge is 0.305 e. The molecule has 3 amide bonds. The van der Waals surface area contributed by atoms with Gasteiger partial charge in [0, 0.05) is 23.8 Å². The van der Waals surface area contributed by atoms with Gasteiger partial charge in [0.2, 0.25) is 11.8 Å². The fourth-order valence-electron chi connectivity index (χ4n) is 3.87. The average Bonchev–Trinajstić information content (AvgIpc) is 3.25. The molecule has 37 heavy (non-hydrogen) atoms. The molecule has 3 atom stereocenters. The SMILES string of the molecule is CC(C)(C)[C@H](NC(=O)c1ccc(N)c(Cl)c1)C(=O)N1CCC[C@@H]1C(=O)N[C@H](/C=C/S(C)(=O)=O)CC(=O)O. The highest BCUT2D eigenvalue weighted by molar-refractivity contribution is 7.93. The van der Waals surface area contributed by atoms with Crippen molar-refractivity contribution in [2.75, 3.05) is 18.5 Å². The van der Waals surface area contributed by atoms with Crippen LogP contribution in [-0.2, 0) is 24.2 Å². The van der Waals surface area contributed by atoms with E-state index in [4.69, 9.17) is 22.4 Å². The van der Waals surface area contributed by atoms with Gasteiger partial charge in [0.15, 0.2) is 9.84 Å². The van der Waals surface area contributed by atoms with Gasteiger partial charge in [0.05, 0.1) is 23.2 Å². The van der Waals surface area contributed by atoms with Crippen molar-refractivity contribution >= 4 is 50.8 Å². The van der Waals surface area contributed by atoms with Gasteiger partial charge in [-0.1, -0.05) is 38.4 Å². The molecule has 0 bridgehead atoms. The van der Waals surface area contributed by atoms with Crippen LogP contribution in [0.15, 0.2) is 29.7 Å². The predicted octanol–water partition coefficient (Wildman–Crippen LogP) is 1.58. The van der Waals surface area contributed by atoms with Crippen molar-refractivity contribution in [1.82, 2.24) is 15.5 Å². The van der Waals surface area contributed by atoms with E-state index in [1.54, 1.807) is 20.8 Å². The van der Waals surface area contributed by atoms with Crippen molar-refractivity contribution in [3.05, 3.63) is 40.3 Å². The summed E-state index contributed by atoms with van der Waals surface area (Å²) >= 11 is 6.03. The zero-order chi connectivity index (χ0) is 28.1. The summed E-state index contributed by atoms with van der Waals surface area (Å²) in [4.78, 5) is 52.2. The molecule has 0 unspecified atom stereocenters. The van der Waals surface area contributed by atoms with Crippen LogP contribution in [0.4, 0.5) is 5.69 Å². The molecule has 1 aromatic carbocycles. The van der Waals surface area contributed by atoms with Crippen molar-refractivity contribution in [3.63, 3.8) is 0 Å². The lowest BCUT2D eigenvalue weighted by atomic mass is 9.85. The van der Waals surface area contributed by atoms with Crippen molar-refractivity contribution in [2.24, 2.45) is 5.41 Å². The largest absolute Gasteiger partial charge is 0.481 e. The molecular weight excluding hydrogens is 524 g/mol. The number of sulfone groups is 1. The Morgan fingerprint density at radius 3 is 2.43 bits per heavy atom. The van der Waals surface area contributed by atoms with Crippen molar-refractivity contribution in [1.29, 1.82) is 0 Å². The lowest BCUT2D eigenvalue weighted by Crippen LogP contribution is -2.58. The number of rotatable bonds is 9. The molecule has 204 valence electrons. The second kappa shape index (κ2) is 12.0. The first-order valence-electron chi connectivity index (χ1n) is 11.6. The Bertz CT molecular complexity index is 1190. The van der Waals surface area contributed by atoms with Crippen LogP contribution in [0, 0.1) is 5.41 Å². The maximum atomic E-state index is 13.6. The molecule has 0 aromatic heterocycles. The molecule has 0 aliphatic carbocycles. The first-order valence-corrected chi connectivity index (χ1v) is 13.9. The summed E-state index contributed by atoms with van der Waals surface area (Å²) in [5.41, 5.74) is 5.50. The molecule has 1 saturated heterocycles. The Morgan fingerprint density at radius 2 is 1.89 bits per heavy atom. The van der Waals surface area contributed by atoms with Crippen LogP contribution in [0.1, 0.15) is 50.4 Å². The second-order valence-electron chi connectivity index (χ2n) is 10.1. The van der Waals surface area contributed by atoms with E-state index in [-0.39, 0.29) is 17.1 Å². The van der Waals surface area contributed by atoms with E-state index in [0.29, 0.717) is 18.5 Å². The summed E-state index contributed by atoms with van der Waals surface area (Å²) in [5.74, 6) is -2.86. The number of carboxylic acids is 1. The molecule has 5 N–H and O–H groups in total. The number of nitrogens with zero attached hydrogens (tertiary/aromatic N) is 1. The zero-order valence-electron chi connectivity index (χ0n) is 21.2. The summed E-state index contributed by atoms with van der Waals surface area (Å²) in [6.45, 7) is 5.58. The fraction of sp³-hybridized carbons (Fsp3) is 0.500. The highest BCUT2D eigenvalue weighted by Gasteiger charge is 2.42. The molecule has 2 rings (SSSR count). The molecule has 11 nitrogen and oxygen atoms in total. The van der Waals surface area contributed by atoms with Gasteiger partial charge >= 0.3 is 5.97 Å². The van der Waals surface area contributed by atoms with E-state index in [9.17, 15) is 27.6 Å². The number of halogens is 1. The number of amides is 3. The third-order valence-electron chi connectivity index (χ3n) is 5.77. The predicted molar refractivity (Wildman–Crippen MR) is 139 cm³/mol. The van der Waals surface area contributed by atoms with Gasteiger partial charge in [0.25, 0.3) is 5.91 Å². The van der Waals surface area contributed by atoms with Crippen LogP contribution >= 0.6 is 11.6 Å². The number of nitrogens with two attached hydrogens (primary N) is 1. The number of hydrogen-bond acceptors (Lipinski definition) is 7. The molecule has 0 radical (unpaired) electrons. The molecule has 13 heteroatoms. The summed E-state index contributed by atoms with van der Waals surface area (Å²) in [5, 5.41) is 15.4. The van der Waals surface area contributed by atoms with E-state index in [1.807, 2.05) is 0 Å². The number of carbonyl (C=O) groups is 4. The van der Waals surface area contributed by atoms with E-state index < -0.39 is 63.5 Å². The van der Waals surface area contributed by atoms with Gasteiger partial charge in [-0.3, -0.25) is 19.2 Å². The lowest BCUT2D eigenvalue weighted by molar-refractivity contribution is -0.142. The molecule has 0 spiro atoms. The van der Waals surface area contributed by atoms with Gasteiger partial charge in [0.1, 0.15) is 12.1 Å². The Hall–Kier alpha value is -3.12. The third kappa shape index (κ3) is 8.74. The van der Waals surface area contributed by atoms with Gasteiger partial charge in [-0.2, -0.15) is 0 Å². The zero-order valence-corrected chi connectivity index (χ0v) is 22.7. The minimum absolute atomic E-state index is 0.198. The maximum Gasteiger partial charge on any atom is 0.305 e. The number of benzene rings is 1. The van der Waals surface area contributed by atoms with Crippen molar-refractivity contribution in [3.8, 4) is 0 Å². The molecule has 1 heterocycles. The number of carboxylic acid groups (broad SMARTS) is 1. The molecule has 1 aliphatic rings. The Labute approximate surface area is 221 Å².